The zero-order chi connectivity index (χ0) is 16.5. The summed E-state index contributed by atoms with van der Waals surface area (Å²) in [6.07, 6.45) is 8.42. The van der Waals surface area contributed by atoms with Gasteiger partial charge in [0.15, 0.2) is 0 Å². The van der Waals surface area contributed by atoms with Gasteiger partial charge in [0.1, 0.15) is 0 Å². The first-order valence-corrected chi connectivity index (χ1v) is 8.63. The summed E-state index contributed by atoms with van der Waals surface area (Å²) in [7, 11) is 0. The van der Waals surface area contributed by atoms with Crippen molar-refractivity contribution in [2.24, 2.45) is 0 Å². The van der Waals surface area contributed by atoms with E-state index >= 15 is 0 Å². The van der Waals surface area contributed by atoms with Gasteiger partial charge in [0.05, 0.1) is 29.7 Å². The number of H-pyrrole nitrogens is 1. The van der Waals surface area contributed by atoms with Gasteiger partial charge in [0, 0.05) is 38.4 Å². The predicted molar refractivity (Wildman–Crippen MR) is 87.9 cm³/mol. The molecule has 1 atom stereocenters. The summed E-state index contributed by atoms with van der Waals surface area (Å²) >= 11 is 0. The Balaban J connectivity index is 1.48. The average molecular weight is 329 g/mol. The third-order valence-corrected chi connectivity index (χ3v) is 5.08. The molecule has 1 N–H and O–H groups in total. The molecule has 0 aliphatic carbocycles. The van der Waals surface area contributed by atoms with E-state index in [0.717, 1.165) is 55.8 Å². The van der Waals surface area contributed by atoms with Crippen molar-refractivity contribution in [1.82, 2.24) is 24.9 Å². The first-order valence-electron chi connectivity index (χ1n) is 8.63. The first kappa shape index (κ1) is 15.4. The largest absolute Gasteiger partial charge is 0.381 e. The van der Waals surface area contributed by atoms with Crippen LogP contribution in [0.15, 0.2) is 18.6 Å². The number of hydrogen-bond donors (Lipinski definition) is 1. The van der Waals surface area contributed by atoms with Gasteiger partial charge in [0.2, 0.25) is 0 Å². The summed E-state index contributed by atoms with van der Waals surface area (Å²) in [4.78, 5) is 14.9. The first-order chi connectivity index (χ1) is 11.7. The van der Waals surface area contributed by atoms with Gasteiger partial charge in [-0.25, -0.2) is 0 Å². The molecule has 2 aromatic heterocycles. The number of hydrogen-bond acceptors (Lipinski definition) is 4. The van der Waals surface area contributed by atoms with Crippen LogP contribution in [-0.4, -0.2) is 57.1 Å². The van der Waals surface area contributed by atoms with Crippen LogP contribution in [0.1, 0.15) is 52.8 Å². The molecule has 7 heteroatoms. The molecule has 0 radical (unpaired) electrons. The summed E-state index contributed by atoms with van der Waals surface area (Å²) in [5.74, 6) is 0.420. The molecular formula is C17H23N5O2. The number of nitrogens with zero attached hydrogens (tertiary/aromatic N) is 4. The van der Waals surface area contributed by atoms with E-state index in [1.807, 2.05) is 28.9 Å². The molecule has 0 spiro atoms. The van der Waals surface area contributed by atoms with E-state index in [-0.39, 0.29) is 11.9 Å². The number of carbonyl (C=O) groups is 1. The summed E-state index contributed by atoms with van der Waals surface area (Å²) in [5.41, 5.74) is 2.84. The number of ether oxygens (including phenoxy) is 1. The van der Waals surface area contributed by atoms with Gasteiger partial charge >= 0.3 is 0 Å². The van der Waals surface area contributed by atoms with Crippen molar-refractivity contribution >= 4 is 5.91 Å². The predicted octanol–water partition coefficient (Wildman–Crippen LogP) is 1.90. The Morgan fingerprint density at radius 3 is 2.88 bits per heavy atom. The van der Waals surface area contributed by atoms with Gasteiger partial charge in [-0.3, -0.25) is 14.6 Å². The maximum atomic E-state index is 13.0. The molecule has 2 saturated heterocycles. The van der Waals surface area contributed by atoms with E-state index in [9.17, 15) is 4.79 Å². The highest BCUT2D eigenvalue weighted by Gasteiger charge is 2.31. The van der Waals surface area contributed by atoms with Gasteiger partial charge in [-0.15, -0.1) is 0 Å². The Morgan fingerprint density at radius 1 is 1.29 bits per heavy atom. The van der Waals surface area contributed by atoms with E-state index < -0.39 is 0 Å². The third-order valence-electron chi connectivity index (χ3n) is 5.08. The second-order valence-corrected chi connectivity index (χ2v) is 6.78. The molecule has 7 nitrogen and oxygen atoms in total. The maximum Gasteiger partial charge on any atom is 0.257 e. The smallest absolute Gasteiger partial charge is 0.257 e. The maximum absolute atomic E-state index is 13.0. The quantitative estimate of drug-likeness (QED) is 0.933. The Hall–Kier alpha value is -2.15. The molecule has 2 fully saturated rings. The Bertz CT molecular complexity index is 716. The number of amides is 1. The molecule has 128 valence electrons. The van der Waals surface area contributed by atoms with Gasteiger partial charge in [0.25, 0.3) is 5.91 Å². The second kappa shape index (κ2) is 6.39. The van der Waals surface area contributed by atoms with E-state index in [1.54, 1.807) is 6.20 Å². The lowest BCUT2D eigenvalue weighted by Gasteiger charge is -2.23. The minimum atomic E-state index is 0.0802. The van der Waals surface area contributed by atoms with Crippen LogP contribution in [0.4, 0.5) is 0 Å². The Labute approximate surface area is 141 Å². The minimum absolute atomic E-state index is 0.0802. The van der Waals surface area contributed by atoms with Crippen LogP contribution in [0.25, 0.3) is 0 Å². The number of aromatic nitrogens is 4. The van der Waals surface area contributed by atoms with Crippen molar-refractivity contribution in [1.29, 1.82) is 0 Å². The summed E-state index contributed by atoms with van der Waals surface area (Å²) in [6.45, 7) is 5.01. The Morgan fingerprint density at radius 2 is 2.12 bits per heavy atom. The number of likely N-dealkylation sites (tertiary alicyclic amines) is 1. The highest BCUT2D eigenvalue weighted by molar-refractivity contribution is 5.95. The Kier molecular flexibility index (Phi) is 4.10. The summed E-state index contributed by atoms with van der Waals surface area (Å²) in [6, 6.07) is 0.265. The van der Waals surface area contributed by atoms with E-state index in [4.69, 9.17) is 4.74 Å². The van der Waals surface area contributed by atoms with E-state index in [0.29, 0.717) is 12.5 Å². The van der Waals surface area contributed by atoms with E-state index in [1.165, 1.54) is 0 Å². The van der Waals surface area contributed by atoms with Crippen molar-refractivity contribution in [2.75, 3.05) is 26.3 Å². The second-order valence-electron chi connectivity index (χ2n) is 6.78. The zero-order valence-corrected chi connectivity index (χ0v) is 13.9. The number of nitrogens with one attached hydrogen (secondary N) is 1. The van der Waals surface area contributed by atoms with Crippen LogP contribution in [0.3, 0.4) is 0 Å². The zero-order valence-electron chi connectivity index (χ0n) is 13.9. The topological polar surface area (TPSA) is 76.0 Å². The van der Waals surface area contributed by atoms with Gasteiger partial charge in [-0.1, -0.05) is 0 Å². The van der Waals surface area contributed by atoms with Crippen LogP contribution < -0.4 is 0 Å². The SMILES string of the molecule is Cc1cnn(C2CCN(C(=O)c3cn[nH]c3C3CCOCC3)C2)c1. The van der Waals surface area contributed by atoms with Crippen molar-refractivity contribution in [3.05, 3.63) is 35.4 Å². The molecule has 2 aliphatic heterocycles. The molecule has 0 aromatic carbocycles. The van der Waals surface area contributed by atoms with E-state index in [2.05, 4.69) is 15.3 Å². The third kappa shape index (κ3) is 2.84. The molecule has 0 bridgehead atoms. The van der Waals surface area contributed by atoms with Crippen molar-refractivity contribution < 1.29 is 9.53 Å². The molecule has 24 heavy (non-hydrogen) atoms. The summed E-state index contributed by atoms with van der Waals surface area (Å²) < 4.78 is 7.41. The molecule has 1 amide bonds. The molecule has 4 heterocycles. The lowest BCUT2D eigenvalue weighted by molar-refractivity contribution is 0.0766. The highest BCUT2D eigenvalue weighted by Crippen LogP contribution is 2.30. The van der Waals surface area contributed by atoms with Gasteiger partial charge in [-0.05, 0) is 31.7 Å². The molecule has 0 saturated carbocycles. The van der Waals surface area contributed by atoms with Crippen molar-refractivity contribution in [3.8, 4) is 0 Å². The van der Waals surface area contributed by atoms with Crippen LogP contribution in [0.2, 0.25) is 0 Å². The molecular weight excluding hydrogens is 306 g/mol. The van der Waals surface area contributed by atoms with Crippen molar-refractivity contribution in [3.63, 3.8) is 0 Å². The van der Waals surface area contributed by atoms with Gasteiger partial charge < -0.3 is 9.64 Å². The number of aryl methyl sites for hydroxylation is 1. The van der Waals surface area contributed by atoms with Crippen LogP contribution >= 0.6 is 0 Å². The van der Waals surface area contributed by atoms with Crippen LogP contribution in [0.5, 0.6) is 0 Å². The fourth-order valence-electron chi connectivity index (χ4n) is 3.71. The van der Waals surface area contributed by atoms with Gasteiger partial charge in [-0.2, -0.15) is 10.2 Å². The molecule has 4 rings (SSSR count). The van der Waals surface area contributed by atoms with Crippen LogP contribution in [-0.2, 0) is 4.74 Å². The molecule has 1 unspecified atom stereocenters. The number of rotatable bonds is 3. The van der Waals surface area contributed by atoms with Crippen molar-refractivity contribution in [2.45, 2.75) is 38.1 Å². The lowest BCUT2D eigenvalue weighted by atomic mass is 9.93. The fourth-order valence-corrected chi connectivity index (χ4v) is 3.71. The fraction of sp³-hybridized carbons (Fsp3) is 0.588. The normalized spacial score (nSPS) is 22.2. The molecule has 2 aromatic rings. The lowest BCUT2D eigenvalue weighted by Crippen LogP contribution is -2.30. The average Bonchev–Trinajstić information content (AvgIpc) is 3.35. The number of aromatic amines is 1. The highest BCUT2D eigenvalue weighted by atomic mass is 16.5. The molecule has 2 aliphatic rings. The monoisotopic (exact) mass is 329 g/mol. The summed E-state index contributed by atoms with van der Waals surface area (Å²) in [5, 5.41) is 11.6. The van der Waals surface area contributed by atoms with Crippen LogP contribution in [0, 0.1) is 6.92 Å². The standard InChI is InChI=1S/C17H23N5O2/c1-12-8-19-22(10-12)14-2-5-21(11-14)17(23)15-9-18-20-16(15)13-3-6-24-7-4-13/h8-10,13-14H,2-7,11H2,1H3,(H,18,20). The minimum Gasteiger partial charge on any atom is -0.381 e. The number of carbonyl (C=O) groups excluding carboxylic acids is 1.